The monoisotopic (exact) mass is 497 g/mol. The third-order valence-corrected chi connectivity index (χ3v) is 5.54. The maximum absolute atomic E-state index is 13.1. The van der Waals surface area contributed by atoms with Crippen molar-refractivity contribution in [2.45, 2.75) is 19.7 Å². The average Bonchev–Trinajstić information content (AvgIpc) is 3.43. The number of aromatic amines is 1. The molecule has 5 rings (SSSR count). The Kier molecular flexibility index (Phi) is 5.71. The van der Waals surface area contributed by atoms with Gasteiger partial charge in [-0.05, 0) is 48.4 Å². The molecule has 1 aliphatic rings. The predicted octanol–water partition coefficient (Wildman–Crippen LogP) is 5.18. The third kappa shape index (κ3) is 4.40. The summed E-state index contributed by atoms with van der Waals surface area (Å²) in [4.78, 5) is 39.3. The van der Waals surface area contributed by atoms with Crippen molar-refractivity contribution in [1.82, 2.24) is 15.0 Å². The van der Waals surface area contributed by atoms with Gasteiger partial charge in [-0.1, -0.05) is 13.0 Å². The number of urea groups is 1. The van der Waals surface area contributed by atoms with Crippen molar-refractivity contribution in [2.24, 2.45) is 0 Å². The van der Waals surface area contributed by atoms with E-state index in [1.165, 1.54) is 18.5 Å². The summed E-state index contributed by atoms with van der Waals surface area (Å²) in [6.07, 6.45) is -1.26. The molecule has 0 atom stereocenters. The molecule has 0 bridgehead atoms. The first kappa shape index (κ1) is 23.1. The Hall–Kier alpha value is -4.61. The summed E-state index contributed by atoms with van der Waals surface area (Å²) in [6, 6.07) is 10.9. The van der Waals surface area contributed by atoms with Gasteiger partial charge >= 0.3 is 12.4 Å². The number of halogens is 3. The number of nitrogens with zero attached hydrogens (tertiary/aromatic N) is 4. The molecule has 1 fully saturated rings. The van der Waals surface area contributed by atoms with E-state index in [9.17, 15) is 22.8 Å². The molecule has 184 valence electrons. The quantitative estimate of drug-likeness (QED) is 0.368. The molecular weight excluding hydrogens is 479 g/mol. The first-order valence-corrected chi connectivity index (χ1v) is 10.8. The minimum Gasteiger partial charge on any atom is -0.438 e. The molecule has 4 aromatic rings. The third-order valence-electron chi connectivity index (χ3n) is 5.54. The van der Waals surface area contributed by atoms with E-state index in [1.54, 1.807) is 30.5 Å². The number of nitrogens with one attached hydrogen (secondary N) is 1. The number of fused-ring (bicyclic) bond motifs is 1. The van der Waals surface area contributed by atoms with Crippen LogP contribution < -0.4 is 19.3 Å². The van der Waals surface area contributed by atoms with E-state index in [0.29, 0.717) is 34.8 Å². The van der Waals surface area contributed by atoms with E-state index >= 15 is 0 Å². The summed E-state index contributed by atoms with van der Waals surface area (Å²) in [5.41, 5.74) is 1.75. The van der Waals surface area contributed by atoms with Crippen LogP contribution in [-0.4, -0.2) is 39.8 Å². The Balaban J connectivity index is 1.41. The Morgan fingerprint density at radius 1 is 1.06 bits per heavy atom. The van der Waals surface area contributed by atoms with Gasteiger partial charge in [-0.3, -0.25) is 9.69 Å². The highest BCUT2D eigenvalue weighted by molar-refractivity contribution is 6.27. The molecule has 1 aliphatic heterocycles. The van der Waals surface area contributed by atoms with Crippen LogP contribution in [0.2, 0.25) is 0 Å². The van der Waals surface area contributed by atoms with E-state index in [4.69, 9.17) is 4.74 Å². The smallest absolute Gasteiger partial charge is 0.438 e. The second-order valence-electron chi connectivity index (χ2n) is 7.81. The number of H-pyrrole nitrogens is 1. The second kappa shape index (κ2) is 8.87. The maximum atomic E-state index is 13.1. The molecule has 2 aromatic heterocycles. The molecule has 1 N–H and O–H groups in total. The van der Waals surface area contributed by atoms with E-state index in [2.05, 4.69) is 19.7 Å². The standard InChI is InChI=1S/C24H18F3N5O4/c1-2-14-10-16(6-7-19(14)35-22-18-8-9-28-21(18)29-13-30-22)32-20(33)12-31(23(32)34)15-4-3-5-17(11-15)36-24(25,26)27/h3-11,13H,2,12H2,1H3,(H,28,29,30). The van der Waals surface area contributed by atoms with Gasteiger partial charge in [0.25, 0.3) is 5.91 Å². The Morgan fingerprint density at radius 2 is 1.89 bits per heavy atom. The van der Waals surface area contributed by atoms with Crippen LogP contribution in [0.1, 0.15) is 12.5 Å². The molecule has 36 heavy (non-hydrogen) atoms. The summed E-state index contributed by atoms with van der Waals surface area (Å²) in [5, 5.41) is 0.695. The maximum Gasteiger partial charge on any atom is 0.573 e. The van der Waals surface area contributed by atoms with E-state index in [0.717, 1.165) is 27.5 Å². The normalized spacial score (nSPS) is 14.1. The number of hydrogen-bond donors (Lipinski definition) is 1. The van der Waals surface area contributed by atoms with Gasteiger partial charge in [0.2, 0.25) is 5.88 Å². The highest BCUT2D eigenvalue weighted by Crippen LogP contribution is 2.34. The fourth-order valence-electron chi connectivity index (χ4n) is 3.92. The molecule has 1 saturated heterocycles. The van der Waals surface area contributed by atoms with Crippen molar-refractivity contribution in [3.05, 3.63) is 66.6 Å². The van der Waals surface area contributed by atoms with Crippen LogP contribution >= 0.6 is 0 Å². The first-order chi connectivity index (χ1) is 17.2. The molecular formula is C24H18F3N5O4. The number of aryl methyl sites for hydroxylation is 1. The van der Waals surface area contributed by atoms with Crippen molar-refractivity contribution >= 4 is 34.3 Å². The number of rotatable bonds is 6. The number of anilines is 2. The van der Waals surface area contributed by atoms with Crippen LogP contribution in [0.15, 0.2) is 61.1 Å². The van der Waals surface area contributed by atoms with Gasteiger partial charge in [0.1, 0.15) is 30.0 Å². The van der Waals surface area contributed by atoms with Crippen molar-refractivity contribution < 1.29 is 32.2 Å². The summed E-state index contributed by atoms with van der Waals surface area (Å²) >= 11 is 0. The highest BCUT2D eigenvalue weighted by atomic mass is 19.4. The zero-order chi connectivity index (χ0) is 25.4. The first-order valence-electron chi connectivity index (χ1n) is 10.8. The van der Waals surface area contributed by atoms with E-state index in [-0.39, 0.29) is 12.2 Å². The number of benzene rings is 2. The molecule has 3 heterocycles. The van der Waals surface area contributed by atoms with Crippen LogP contribution in [0.25, 0.3) is 11.0 Å². The molecule has 9 nitrogen and oxygen atoms in total. The van der Waals surface area contributed by atoms with Gasteiger partial charge in [0.05, 0.1) is 11.1 Å². The van der Waals surface area contributed by atoms with Crippen molar-refractivity contribution in [3.8, 4) is 17.4 Å². The zero-order valence-electron chi connectivity index (χ0n) is 18.7. The fourth-order valence-corrected chi connectivity index (χ4v) is 3.92. The number of amides is 3. The van der Waals surface area contributed by atoms with Crippen molar-refractivity contribution in [1.29, 1.82) is 0 Å². The largest absolute Gasteiger partial charge is 0.573 e. The van der Waals surface area contributed by atoms with Gasteiger partial charge in [-0.15, -0.1) is 13.2 Å². The number of carbonyl (C=O) groups excluding carboxylic acids is 2. The molecule has 0 radical (unpaired) electrons. The van der Waals surface area contributed by atoms with Gasteiger partial charge < -0.3 is 14.5 Å². The van der Waals surface area contributed by atoms with Gasteiger partial charge in [0, 0.05) is 18.0 Å². The number of ether oxygens (including phenoxy) is 2. The lowest BCUT2D eigenvalue weighted by molar-refractivity contribution is -0.274. The van der Waals surface area contributed by atoms with Gasteiger partial charge in [0.15, 0.2) is 0 Å². The lowest BCUT2D eigenvalue weighted by Crippen LogP contribution is -2.33. The minimum absolute atomic E-state index is 0.104. The Labute approximate surface area is 202 Å². The zero-order valence-corrected chi connectivity index (χ0v) is 18.7. The fraction of sp³-hybridized carbons (Fsp3) is 0.167. The number of alkyl halides is 3. The summed E-state index contributed by atoms with van der Waals surface area (Å²) in [6.45, 7) is 1.56. The average molecular weight is 497 g/mol. The number of aromatic nitrogens is 3. The van der Waals surface area contributed by atoms with Gasteiger partial charge in [-0.25, -0.2) is 19.7 Å². The molecule has 0 saturated carbocycles. The van der Waals surface area contributed by atoms with Crippen LogP contribution in [0.3, 0.4) is 0 Å². The van der Waals surface area contributed by atoms with Crippen LogP contribution in [0.5, 0.6) is 17.4 Å². The van der Waals surface area contributed by atoms with Crippen molar-refractivity contribution in [3.63, 3.8) is 0 Å². The van der Waals surface area contributed by atoms with Gasteiger partial charge in [-0.2, -0.15) is 0 Å². The minimum atomic E-state index is -4.88. The van der Waals surface area contributed by atoms with Crippen LogP contribution in [0.4, 0.5) is 29.3 Å². The second-order valence-corrected chi connectivity index (χ2v) is 7.81. The predicted molar refractivity (Wildman–Crippen MR) is 123 cm³/mol. The molecule has 2 aromatic carbocycles. The van der Waals surface area contributed by atoms with Crippen molar-refractivity contribution in [2.75, 3.05) is 16.3 Å². The number of hydrogen-bond acceptors (Lipinski definition) is 6. The molecule has 12 heteroatoms. The highest BCUT2D eigenvalue weighted by Gasteiger charge is 2.39. The summed E-state index contributed by atoms with van der Waals surface area (Å²) in [5.74, 6) is -0.169. The molecule has 0 unspecified atom stereocenters. The van der Waals surface area contributed by atoms with E-state index < -0.39 is 24.1 Å². The number of carbonyl (C=O) groups is 2. The summed E-state index contributed by atoms with van der Waals surface area (Å²) in [7, 11) is 0. The molecule has 3 amide bonds. The van der Waals surface area contributed by atoms with Crippen LogP contribution in [-0.2, 0) is 11.2 Å². The molecule has 0 aliphatic carbocycles. The van der Waals surface area contributed by atoms with E-state index in [1.807, 2.05) is 6.92 Å². The van der Waals surface area contributed by atoms with Crippen LogP contribution in [0, 0.1) is 0 Å². The summed E-state index contributed by atoms with van der Waals surface area (Å²) < 4.78 is 47.7. The number of imide groups is 1. The Bertz CT molecular complexity index is 1470. The lowest BCUT2D eigenvalue weighted by Gasteiger charge is -2.19. The SMILES string of the molecule is CCc1cc(N2C(=O)CN(c3cccc(OC(F)(F)F)c3)C2=O)ccc1Oc1ncnc2[nH]ccc12. The Morgan fingerprint density at radius 3 is 2.67 bits per heavy atom. The molecule has 0 spiro atoms. The lowest BCUT2D eigenvalue weighted by atomic mass is 10.1. The topological polar surface area (TPSA) is 101 Å².